The molecule has 0 spiro atoms. The second-order valence-electron chi connectivity index (χ2n) is 3.22. The lowest BCUT2D eigenvalue weighted by molar-refractivity contribution is 0.152. The zero-order valence-electron chi connectivity index (χ0n) is 7.35. The Morgan fingerprint density at radius 2 is 2.08 bits per heavy atom. The quantitative estimate of drug-likeness (QED) is 0.663. The van der Waals surface area contributed by atoms with Crippen LogP contribution in [0.2, 0.25) is 0 Å². The van der Waals surface area contributed by atoms with Crippen LogP contribution in [0.25, 0.3) is 0 Å². The molecule has 1 aliphatic rings. The molecular weight excluding hydrogens is 162 g/mol. The molecule has 2 heteroatoms. The lowest BCUT2D eigenvalue weighted by atomic mass is 10.0. The van der Waals surface area contributed by atoms with Gasteiger partial charge in [0, 0.05) is 6.54 Å². The molecule has 2 N–H and O–H groups in total. The Labute approximate surface area is 77.9 Å². The topological polar surface area (TPSA) is 32.3 Å². The lowest BCUT2D eigenvalue weighted by Gasteiger charge is -2.17. The molecule has 0 fully saturated rings. The largest absolute Gasteiger partial charge is 0.386 e. The van der Waals surface area contributed by atoms with E-state index in [0.29, 0.717) is 0 Å². The Morgan fingerprint density at radius 1 is 1.31 bits per heavy atom. The molecule has 2 rings (SSSR count). The normalized spacial score (nSPS) is 23.3. The minimum Gasteiger partial charge on any atom is -0.386 e. The number of aliphatic hydroxyl groups is 1. The predicted octanol–water partition coefficient (Wildman–Crippen LogP) is 1.25. The molecule has 1 aromatic rings. The molecule has 2 unspecified atom stereocenters. The van der Waals surface area contributed by atoms with Gasteiger partial charge in [0.15, 0.2) is 0 Å². The Hall–Kier alpha value is -1.12. The number of benzene rings is 1. The zero-order valence-corrected chi connectivity index (χ0v) is 7.35. The van der Waals surface area contributed by atoms with Crippen LogP contribution < -0.4 is 5.32 Å². The van der Waals surface area contributed by atoms with Crippen LogP contribution >= 0.6 is 0 Å². The van der Waals surface area contributed by atoms with Crippen LogP contribution in [0.1, 0.15) is 11.7 Å². The van der Waals surface area contributed by atoms with Crippen molar-refractivity contribution in [1.29, 1.82) is 0 Å². The molecular formula is C11H13NO. The molecule has 0 aliphatic carbocycles. The van der Waals surface area contributed by atoms with Gasteiger partial charge in [-0.15, -0.1) is 0 Å². The van der Waals surface area contributed by atoms with E-state index in [1.165, 1.54) is 0 Å². The van der Waals surface area contributed by atoms with Gasteiger partial charge in [0.25, 0.3) is 0 Å². The van der Waals surface area contributed by atoms with Crippen LogP contribution in [-0.2, 0) is 0 Å². The molecule has 1 aromatic carbocycles. The second kappa shape index (κ2) is 3.73. The van der Waals surface area contributed by atoms with Gasteiger partial charge in [-0.05, 0) is 5.56 Å². The Kier molecular flexibility index (Phi) is 2.43. The highest BCUT2D eigenvalue weighted by Crippen LogP contribution is 2.18. The van der Waals surface area contributed by atoms with E-state index in [9.17, 15) is 5.11 Å². The van der Waals surface area contributed by atoms with E-state index in [2.05, 4.69) is 5.32 Å². The highest BCUT2D eigenvalue weighted by atomic mass is 16.3. The molecule has 1 aliphatic heterocycles. The fourth-order valence-electron chi connectivity index (χ4n) is 1.56. The molecule has 2 nitrogen and oxygen atoms in total. The molecule has 2 atom stereocenters. The average Bonchev–Trinajstić information content (AvgIpc) is 2.71. The maximum absolute atomic E-state index is 9.91. The van der Waals surface area contributed by atoms with E-state index in [0.717, 1.165) is 12.1 Å². The number of aliphatic hydroxyl groups excluding tert-OH is 1. The first-order chi connectivity index (χ1) is 6.38. The van der Waals surface area contributed by atoms with Gasteiger partial charge in [-0.2, -0.15) is 0 Å². The molecule has 0 radical (unpaired) electrons. The van der Waals surface area contributed by atoms with Gasteiger partial charge < -0.3 is 10.4 Å². The molecule has 0 saturated carbocycles. The first kappa shape index (κ1) is 8.48. The minimum atomic E-state index is -0.431. The Balaban J connectivity index is 2.13. The van der Waals surface area contributed by atoms with Gasteiger partial charge in [0.1, 0.15) is 0 Å². The van der Waals surface area contributed by atoms with Crippen molar-refractivity contribution in [2.45, 2.75) is 12.1 Å². The van der Waals surface area contributed by atoms with Crippen molar-refractivity contribution in [2.75, 3.05) is 6.54 Å². The third kappa shape index (κ3) is 1.79. The summed E-state index contributed by atoms with van der Waals surface area (Å²) in [7, 11) is 0. The summed E-state index contributed by atoms with van der Waals surface area (Å²) in [5.41, 5.74) is 0.964. The lowest BCUT2D eigenvalue weighted by Crippen LogP contribution is -2.28. The van der Waals surface area contributed by atoms with E-state index in [1.807, 2.05) is 42.5 Å². The van der Waals surface area contributed by atoms with Gasteiger partial charge in [0.2, 0.25) is 0 Å². The fourth-order valence-corrected chi connectivity index (χ4v) is 1.56. The standard InChI is InChI=1S/C11H13NO/c13-11(10-7-4-8-12-10)9-5-2-1-3-6-9/h1-7,10-13H,8H2. The van der Waals surface area contributed by atoms with Gasteiger partial charge in [-0.1, -0.05) is 42.5 Å². The summed E-state index contributed by atoms with van der Waals surface area (Å²) < 4.78 is 0. The Bertz CT molecular complexity index is 294. The summed E-state index contributed by atoms with van der Waals surface area (Å²) >= 11 is 0. The van der Waals surface area contributed by atoms with E-state index < -0.39 is 6.10 Å². The summed E-state index contributed by atoms with van der Waals surface area (Å²) in [5.74, 6) is 0. The van der Waals surface area contributed by atoms with Crippen molar-refractivity contribution >= 4 is 0 Å². The maximum atomic E-state index is 9.91. The van der Waals surface area contributed by atoms with Gasteiger partial charge in [-0.3, -0.25) is 0 Å². The van der Waals surface area contributed by atoms with Crippen molar-refractivity contribution < 1.29 is 5.11 Å². The van der Waals surface area contributed by atoms with Crippen molar-refractivity contribution in [3.05, 3.63) is 48.0 Å². The molecule has 13 heavy (non-hydrogen) atoms. The molecule has 0 amide bonds. The van der Waals surface area contributed by atoms with Crippen LogP contribution in [-0.4, -0.2) is 17.7 Å². The molecule has 0 aromatic heterocycles. The summed E-state index contributed by atoms with van der Waals surface area (Å²) in [6.07, 6.45) is 3.62. The summed E-state index contributed by atoms with van der Waals surface area (Å²) in [6, 6.07) is 9.79. The van der Waals surface area contributed by atoms with E-state index in [4.69, 9.17) is 0 Å². The SMILES string of the molecule is OC(c1ccccc1)C1C=CCN1. The summed E-state index contributed by atoms with van der Waals surface area (Å²) in [4.78, 5) is 0. The highest BCUT2D eigenvalue weighted by Gasteiger charge is 2.19. The van der Waals surface area contributed by atoms with Crippen molar-refractivity contribution in [1.82, 2.24) is 5.32 Å². The third-order valence-electron chi connectivity index (χ3n) is 2.30. The average molecular weight is 175 g/mol. The van der Waals surface area contributed by atoms with Crippen molar-refractivity contribution in [2.24, 2.45) is 0 Å². The van der Waals surface area contributed by atoms with Crippen LogP contribution in [0.3, 0.4) is 0 Å². The highest BCUT2D eigenvalue weighted by molar-refractivity contribution is 5.22. The minimum absolute atomic E-state index is 0.0717. The van der Waals surface area contributed by atoms with Gasteiger partial charge in [-0.25, -0.2) is 0 Å². The van der Waals surface area contributed by atoms with Gasteiger partial charge >= 0.3 is 0 Å². The van der Waals surface area contributed by atoms with Gasteiger partial charge in [0.05, 0.1) is 12.1 Å². The fraction of sp³-hybridized carbons (Fsp3) is 0.273. The van der Waals surface area contributed by atoms with Crippen molar-refractivity contribution in [3.63, 3.8) is 0 Å². The van der Waals surface area contributed by atoms with Crippen molar-refractivity contribution in [3.8, 4) is 0 Å². The van der Waals surface area contributed by atoms with Crippen LogP contribution in [0.15, 0.2) is 42.5 Å². The van der Waals surface area contributed by atoms with Crippen LogP contribution in [0.5, 0.6) is 0 Å². The molecule has 0 bridgehead atoms. The van der Waals surface area contributed by atoms with E-state index in [-0.39, 0.29) is 6.04 Å². The van der Waals surface area contributed by atoms with E-state index >= 15 is 0 Å². The summed E-state index contributed by atoms with van der Waals surface area (Å²) in [5, 5.41) is 13.1. The molecule has 1 heterocycles. The van der Waals surface area contributed by atoms with E-state index in [1.54, 1.807) is 0 Å². The number of hydrogen-bond acceptors (Lipinski definition) is 2. The smallest absolute Gasteiger partial charge is 0.0978 e. The maximum Gasteiger partial charge on any atom is 0.0978 e. The first-order valence-electron chi connectivity index (χ1n) is 4.51. The molecule has 68 valence electrons. The number of nitrogens with one attached hydrogen (secondary N) is 1. The number of hydrogen-bond donors (Lipinski definition) is 2. The van der Waals surface area contributed by atoms with Crippen LogP contribution in [0.4, 0.5) is 0 Å². The Morgan fingerprint density at radius 3 is 2.69 bits per heavy atom. The summed E-state index contributed by atoms with van der Waals surface area (Å²) in [6.45, 7) is 0.856. The second-order valence-corrected chi connectivity index (χ2v) is 3.22. The predicted molar refractivity (Wildman–Crippen MR) is 52.3 cm³/mol. The number of rotatable bonds is 2. The molecule has 0 saturated heterocycles. The first-order valence-corrected chi connectivity index (χ1v) is 4.51. The zero-order chi connectivity index (χ0) is 9.10. The third-order valence-corrected chi connectivity index (χ3v) is 2.30. The monoisotopic (exact) mass is 175 g/mol. The van der Waals surface area contributed by atoms with Crippen LogP contribution in [0, 0.1) is 0 Å².